The second-order valence-electron chi connectivity index (χ2n) is 7.11. The molecule has 1 aromatic rings. The number of nitrogens with one attached hydrogen (secondary N) is 2. The Morgan fingerprint density at radius 2 is 1.67 bits per heavy atom. The Labute approximate surface area is 162 Å². The normalized spacial score (nSPS) is 17.3. The zero-order chi connectivity index (χ0) is 19.6. The fourth-order valence-electron chi connectivity index (χ4n) is 3.63. The van der Waals surface area contributed by atoms with E-state index in [1.54, 1.807) is 25.1 Å². The van der Waals surface area contributed by atoms with E-state index in [1.807, 2.05) is 0 Å². The van der Waals surface area contributed by atoms with Crippen molar-refractivity contribution in [1.29, 1.82) is 0 Å². The van der Waals surface area contributed by atoms with Crippen molar-refractivity contribution < 1.29 is 9.00 Å². The Hall–Kier alpha value is -2.48. The SMILES string of the molecule is CN(C)/C(N)=C/C=C(\N)S(=O)NC(=O)Nc1c2c(cc3c1CCC3)CCC2. The highest BCUT2D eigenvalue weighted by atomic mass is 32.2. The van der Waals surface area contributed by atoms with Crippen LogP contribution in [0, 0.1) is 0 Å². The summed E-state index contributed by atoms with van der Waals surface area (Å²) in [7, 11) is 1.74. The summed E-state index contributed by atoms with van der Waals surface area (Å²) < 4.78 is 14.7. The Bertz CT molecular complexity index is 813. The third-order valence-corrected chi connectivity index (χ3v) is 5.98. The standard InChI is InChI=1S/C19H27N5O2S/c1-24(2)16(20)9-10-17(21)27(26)23-19(25)22-18-14-7-3-5-12(14)11-13-6-4-8-15(13)18/h9-11H,3-8,20-21H2,1-2H3,(H2,22,23,25)/b16-9+,17-10+. The number of allylic oxidation sites excluding steroid dienone is 2. The Morgan fingerprint density at radius 3 is 2.22 bits per heavy atom. The van der Waals surface area contributed by atoms with E-state index in [4.69, 9.17) is 11.5 Å². The van der Waals surface area contributed by atoms with Gasteiger partial charge in [-0.1, -0.05) is 6.07 Å². The summed E-state index contributed by atoms with van der Waals surface area (Å²) in [4.78, 5) is 14.1. The van der Waals surface area contributed by atoms with E-state index in [0.717, 1.165) is 44.2 Å². The van der Waals surface area contributed by atoms with Crippen molar-refractivity contribution in [2.45, 2.75) is 38.5 Å². The van der Waals surface area contributed by atoms with Crippen LogP contribution < -0.4 is 21.5 Å². The lowest BCUT2D eigenvalue weighted by Crippen LogP contribution is -2.33. The lowest BCUT2D eigenvalue weighted by Gasteiger charge is -2.16. The molecule has 0 aromatic heterocycles. The molecule has 0 radical (unpaired) electrons. The van der Waals surface area contributed by atoms with Crippen molar-refractivity contribution in [3.05, 3.63) is 51.3 Å². The average molecular weight is 390 g/mol. The smallest absolute Gasteiger partial charge is 0.331 e. The molecule has 7 nitrogen and oxygen atoms in total. The molecule has 2 amide bonds. The number of benzene rings is 1. The minimum absolute atomic E-state index is 0.0264. The Morgan fingerprint density at radius 1 is 1.07 bits per heavy atom. The van der Waals surface area contributed by atoms with Crippen molar-refractivity contribution in [1.82, 2.24) is 9.62 Å². The number of aryl methyl sites for hydroxylation is 2. The van der Waals surface area contributed by atoms with Crippen LogP contribution in [0.2, 0.25) is 0 Å². The van der Waals surface area contributed by atoms with Gasteiger partial charge in [0.05, 0.1) is 5.82 Å². The maximum Gasteiger partial charge on any atom is 0.331 e. The first kappa shape index (κ1) is 19.3. The molecule has 0 heterocycles. The molecule has 2 aliphatic carbocycles. The van der Waals surface area contributed by atoms with E-state index in [0.29, 0.717) is 5.82 Å². The number of hydrogen-bond donors (Lipinski definition) is 4. The zero-order valence-electron chi connectivity index (χ0n) is 15.8. The number of nitrogens with zero attached hydrogens (tertiary/aromatic N) is 1. The minimum atomic E-state index is -1.84. The summed E-state index contributed by atoms with van der Waals surface area (Å²) in [6.07, 6.45) is 9.25. The van der Waals surface area contributed by atoms with Gasteiger partial charge in [0.15, 0.2) is 11.0 Å². The van der Waals surface area contributed by atoms with Gasteiger partial charge in [0, 0.05) is 19.8 Å². The number of carbonyl (C=O) groups is 1. The first-order chi connectivity index (χ1) is 12.9. The maximum atomic E-state index is 12.4. The highest BCUT2D eigenvalue weighted by Crippen LogP contribution is 2.38. The lowest BCUT2D eigenvalue weighted by atomic mass is 9.99. The molecule has 0 aliphatic heterocycles. The molecule has 146 valence electrons. The zero-order valence-corrected chi connectivity index (χ0v) is 16.6. The summed E-state index contributed by atoms with van der Waals surface area (Å²) in [6, 6.07) is 1.79. The summed E-state index contributed by atoms with van der Waals surface area (Å²) in [5, 5.41) is 2.96. The topological polar surface area (TPSA) is 113 Å². The third-order valence-electron chi connectivity index (χ3n) is 5.05. The Balaban J connectivity index is 1.71. The second kappa shape index (κ2) is 8.04. The monoisotopic (exact) mass is 389 g/mol. The average Bonchev–Trinajstić information content (AvgIpc) is 3.27. The van der Waals surface area contributed by atoms with Crippen LogP contribution in [0.4, 0.5) is 10.5 Å². The molecule has 1 aromatic carbocycles. The molecule has 0 saturated heterocycles. The molecule has 8 heteroatoms. The number of carbonyl (C=O) groups excluding carboxylic acids is 1. The molecule has 0 saturated carbocycles. The molecule has 0 bridgehead atoms. The van der Waals surface area contributed by atoms with E-state index >= 15 is 0 Å². The predicted molar refractivity (Wildman–Crippen MR) is 109 cm³/mol. The molecule has 27 heavy (non-hydrogen) atoms. The van der Waals surface area contributed by atoms with Crippen LogP contribution in [0.5, 0.6) is 0 Å². The van der Waals surface area contributed by atoms with Crippen molar-refractivity contribution >= 4 is 22.7 Å². The highest BCUT2D eigenvalue weighted by molar-refractivity contribution is 7.87. The number of nitrogens with two attached hydrogens (primary N) is 2. The number of fused-ring (bicyclic) bond motifs is 2. The first-order valence-corrected chi connectivity index (χ1v) is 10.3. The predicted octanol–water partition coefficient (Wildman–Crippen LogP) is 1.61. The van der Waals surface area contributed by atoms with Crippen LogP contribution >= 0.6 is 0 Å². The quantitative estimate of drug-likeness (QED) is 0.572. The van der Waals surface area contributed by atoms with Crippen molar-refractivity contribution in [2.24, 2.45) is 11.5 Å². The van der Waals surface area contributed by atoms with Gasteiger partial charge in [-0.2, -0.15) is 0 Å². The van der Waals surface area contributed by atoms with Gasteiger partial charge < -0.3 is 21.7 Å². The molecular formula is C19H27N5O2S. The summed E-state index contributed by atoms with van der Waals surface area (Å²) >= 11 is 0. The van der Waals surface area contributed by atoms with E-state index in [1.165, 1.54) is 28.3 Å². The van der Waals surface area contributed by atoms with E-state index in [9.17, 15) is 9.00 Å². The van der Waals surface area contributed by atoms with Crippen LogP contribution in [-0.4, -0.2) is 29.2 Å². The molecule has 0 fully saturated rings. The maximum absolute atomic E-state index is 12.4. The third kappa shape index (κ3) is 4.27. The van der Waals surface area contributed by atoms with Crippen molar-refractivity contribution in [2.75, 3.05) is 19.4 Å². The van der Waals surface area contributed by atoms with Gasteiger partial charge in [0.25, 0.3) is 0 Å². The fourth-order valence-corrected chi connectivity index (χ4v) is 4.16. The highest BCUT2D eigenvalue weighted by Gasteiger charge is 2.25. The van der Waals surface area contributed by atoms with Crippen LogP contribution in [0.3, 0.4) is 0 Å². The van der Waals surface area contributed by atoms with Gasteiger partial charge in [0.1, 0.15) is 5.03 Å². The molecule has 1 atom stereocenters. The molecular weight excluding hydrogens is 362 g/mol. The van der Waals surface area contributed by atoms with E-state index < -0.39 is 17.0 Å². The number of hydrogen-bond acceptors (Lipinski definition) is 5. The fraction of sp³-hybridized carbons (Fsp3) is 0.421. The molecule has 6 N–H and O–H groups in total. The van der Waals surface area contributed by atoms with Gasteiger partial charge >= 0.3 is 6.03 Å². The Kier molecular flexibility index (Phi) is 5.74. The molecule has 0 spiro atoms. The molecule has 1 unspecified atom stereocenters. The van der Waals surface area contributed by atoms with Gasteiger partial charge in [-0.25, -0.2) is 9.00 Å². The largest absolute Gasteiger partial charge is 0.390 e. The van der Waals surface area contributed by atoms with Crippen molar-refractivity contribution in [3.63, 3.8) is 0 Å². The van der Waals surface area contributed by atoms with Crippen LogP contribution in [0.1, 0.15) is 35.1 Å². The molecule has 3 rings (SSSR count). The van der Waals surface area contributed by atoms with Gasteiger partial charge in [0.2, 0.25) is 0 Å². The minimum Gasteiger partial charge on any atom is -0.390 e. The molecule has 2 aliphatic rings. The number of amides is 2. The number of urea groups is 1. The first-order valence-electron chi connectivity index (χ1n) is 9.13. The van der Waals surface area contributed by atoms with Crippen molar-refractivity contribution in [3.8, 4) is 0 Å². The van der Waals surface area contributed by atoms with Gasteiger partial charge in [-0.05, 0) is 72.9 Å². The number of anilines is 1. The van der Waals surface area contributed by atoms with E-state index in [-0.39, 0.29) is 5.03 Å². The van der Waals surface area contributed by atoms with Crippen LogP contribution in [0.25, 0.3) is 0 Å². The summed E-state index contributed by atoms with van der Waals surface area (Å²) in [6.45, 7) is 0. The lowest BCUT2D eigenvalue weighted by molar-refractivity contribution is 0.257. The summed E-state index contributed by atoms with van der Waals surface area (Å²) in [5.41, 5.74) is 17.6. The van der Waals surface area contributed by atoms with Gasteiger partial charge in [-0.15, -0.1) is 0 Å². The van der Waals surface area contributed by atoms with Crippen LogP contribution in [0.15, 0.2) is 29.1 Å². The van der Waals surface area contributed by atoms with E-state index in [2.05, 4.69) is 16.1 Å². The second-order valence-corrected chi connectivity index (χ2v) is 8.33. The van der Waals surface area contributed by atoms with Gasteiger partial charge in [-0.3, -0.25) is 4.72 Å². The summed E-state index contributed by atoms with van der Waals surface area (Å²) in [5.74, 6) is 0.467. The number of rotatable bonds is 5. The van der Waals surface area contributed by atoms with Crippen LogP contribution in [-0.2, 0) is 36.7 Å².